The third-order valence-corrected chi connectivity index (χ3v) is 1.73. The highest BCUT2D eigenvalue weighted by Gasteiger charge is 2.28. The van der Waals surface area contributed by atoms with E-state index in [9.17, 15) is 28.1 Å². The third kappa shape index (κ3) is 3.74. The number of carbonyl (C=O) groups is 1. The molecule has 0 radical (unpaired) electrons. The van der Waals surface area contributed by atoms with Crippen LogP contribution in [0.25, 0.3) is 0 Å². The third-order valence-electron chi connectivity index (χ3n) is 1.73. The van der Waals surface area contributed by atoms with E-state index in [0.717, 1.165) is 18.2 Å². The smallest absolute Gasteiger partial charge is 0.422 e. The molecule has 0 atom stereocenters. The summed E-state index contributed by atoms with van der Waals surface area (Å²) in [4.78, 5) is 20.1. The fourth-order valence-corrected chi connectivity index (χ4v) is 1.05. The summed E-state index contributed by atoms with van der Waals surface area (Å²) in [6.45, 7) is -1.52. The number of ether oxygens (including phenoxy) is 1. The molecule has 0 heterocycles. The predicted octanol–water partition coefficient (Wildman–Crippen LogP) is 2.35. The van der Waals surface area contributed by atoms with E-state index in [-0.39, 0.29) is 17.6 Å². The van der Waals surface area contributed by atoms with E-state index in [1.165, 1.54) is 0 Å². The molecule has 5 nitrogen and oxygen atoms in total. The lowest BCUT2D eigenvalue weighted by Crippen LogP contribution is -2.19. The summed E-state index contributed by atoms with van der Waals surface area (Å²) in [6, 6.07) is 2.79. The predicted molar refractivity (Wildman–Crippen MR) is 50.0 cm³/mol. The Labute approximate surface area is 93.0 Å². The minimum absolute atomic E-state index is 0.179. The van der Waals surface area contributed by atoms with Crippen LogP contribution in [0.3, 0.4) is 0 Å². The van der Waals surface area contributed by atoms with E-state index in [1.807, 2.05) is 0 Å². The minimum atomic E-state index is -4.51. The second-order valence-electron chi connectivity index (χ2n) is 3.00. The topological polar surface area (TPSA) is 69.4 Å². The maximum atomic E-state index is 11.8. The monoisotopic (exact) mass is 249 g/mol. The maximum Gasteiger partial charge on any atom is 0.422 e. The van der Waals surface area contributed by atoms with E-state index < -0.39 is 23.4 Å². The van der Waals surface area contributed by atoms with Crippen molar-refractivity contribution in [3.8, 4) is 5.75 Å². The van der Waals surface area contributed by atoms with Crippen LogP contribution in [0.4, 0.5) is 18.9 Å². The summed E-state index contributed by atoms with van der Waals surface area (Å²) in [5.74, 6) is -0.255. The molecule has 0 unspecified atom stereocenters. The molecule has 0 saturated carbocycles. The van der Waals surface area contributed by atoms with Gasteiger partial charge in [0.2, 0.25) is 0 Å². The zero-order chi connectivity index (χ0) is 13.1. The van der Waals surface area contributed by atoms with Crippen molar-refractivity contribution >= 4 is 12.0 Å². The van der Waals surface area contributed by atoms with Crippen LogP contribution in [-0.2, 0) is 0 Å². The molecule has 0 saturated heterocycles. The van der Waals surface area contributed by atoms with Crippen molar-refractivity contribution in [1.29, 1.82) is 0 Å². The zero-order valence-corrected chi connectivity index (χ0v) is 8.23. The molecule has 0 spiro atoms. The number of halogens is 3. The molecular formula is C9H6F3NO4. The molecule has 1 rings (SSSR count). The molecule has 0 N–H and O–H groups in total. The van der Waals surface area contributed by atoms with Gasteiger partial charge in [0.1, 0.15) is 5.75 Å². The minimum Gasteiger partial charge on any atom is -0.484 e. The van der Waals surface area contributed by atoms with Gasteiger partial charge < -0.3 is 4.74 Å². The SMILES string of the molecule is O=Cc1cc(OCC(F)(F)F)ccc1[N+](=O)[O-]. The number of nitro benzene ring substituents is 1. The maximum absolute atomic E-state index is 11.8. The average molecular weight is 249 g/mol. The molecule has 0 aromatic heterocycles. The summed E-state index contributed by atoms with van der Waals surface area (Å²) in [5, 5.41) is 10.4. The Morgan fingerprint density at radius 1 is 1.41 bits per heavy atom. The first-order valence-electron chi connectivity index (χ1n) is 4.26. The first kappa shape index (κ1) is 12.9. The molecule has 0 aliphatic rings. The molecule has 0 aliphatic carbocycles. The highest BCUT2D eigenvalue weighted by molar-refractivity contribution is 5.82. The number of carbonyl (C=O) groups excluding carboxylic acids is 1. The molecular weight excluding hydrogens is 243 g/mol. The highest BCUT2D eigenvalue weighted by Crippen LogP contribution is 2.24. The normalized spacial score (nSPS) is 11.0. The molecule has 0 bridgehead atoms. The van der Waals surface area contributed by atoms with Crippen molar-refractivity contribution in [2.75, 3.05) is 6.61 Å². The van der Waals surface area contributed by atoms with E-state index in [1.54, 1.807) is 0 Å². The Morgan fingerprint density at radius 2 is 2.06 bits per heavy atom. The van der Waals surface area contributed by atoms with Crippen LogP contribution >= 0.6 is 0 Å². The lowest BCUT2D eigenvalue weighted by Gasteiger charge is -2.09. The Morgan fingerprint density at radius 3 is 2.53 bits per heavy atom. The standard InChI is InChI=1S/C9H6F3NO4/c10-9(11,12)5-17-7-1-2-8(13(15)16)6(3-7)4-14/h1-4H,5H2. The Kier molecular flexibility index (Phi) is 3.66. The molecule has 0 aliphatic heterocycles. The van der Waals surface area contributed by atoms with Gasteiger partial charge >= 0.3 is 6.18 Å². The van der Waals surface area contributed by atoms with Gasteiger partial charge in [0.25, 0.3) is 5.69 Å². The molecule has 92 valence electrons. The van der Waals surface area contributed by atoms with E-state index in [4.69, 9.17) is 0 Å². The number of alkyl halides is 3. The first-order chi connectivity index (χ1) is 7.83. The first-order valence-corrected chi connectivity index (χ1v) is 4.26. The summed E-state index contributed by atoms with van der Waals surface area (Å²) in [5.41, 5.74) is -0.825. The quantitative estimate of drug-likeness (QED) is 0.466. The molecule has 8 heteroatoms. The zero-order valence-electron chi connectivity index (χ0n) is 8.23. The number of aldehydes is 1. The van der Waals surface area contributed by atoms with Crippen LogP contribution in [0.1, 0.15) is 10.4 Å². The van der Waals surface area contributed by atoms with Crippen LogP contribution in [0.15, 0.2) is 18.2 Å². The number of nitro groups is 1. The summed E-state index contributed by atoms with van der Waals surface area (Å²) in [7, 11) is 0. The van der Waals surface area contributed by atoms with Gasteiger partial charge in [-0.25, -0.2) is 0 Å². The lowest BCUT2D eigenvalue weighted by molar-refractivity contribution is -0.385. The van der Waals surface area contributed by atoms with Crippen molar-refractivity contribution in [1.82, 2.24) is 0 Å². The molecule has 1 aromatic carbocycles. The van der Waals surface area contributed by atoms with Gasteiger partial charge in [0, 0.05) is 6.07 Å². The number of benzene rings is 1. The fraction of sp³-hybridized carbons (Fsp3) is 0.222. The van der Waals surface area contributed by atoms with Crippen LogP contribution in [0.2, 0.25) is 0 Å². The largest absolute Gasteiger partial charge is 0.484 e. The molecule has 0 fully saturated rings. The van der Waals surface area contributed by atoms with Crippen LogP contribution in [0, 0.1) is 10.1 Å². The van der Waals surface area contributed by atoms with E-state index in [2.05, 4.69) is 4.74 Å². The lowest BCUT2D eigenvalue weighted by atomic mass is 10.2. The second kappa shape index (κ2) is 4.81. The van der Waals surface area contributed by atoms with Crippen molar-refractivity contribution in [2.24, 2.45) is 0 Å². The molecule has 17 heavy (non-hydrogen) atoms. The average Bonchev–Trinajstić information content (AvgIpc) is 2.24. The number of hydrogen-bond acceptors (Lipinski definition) is 4. The van der Waals surface area contributed by atoms with E-state index >= 15 is 0 Å². The van der Waals surface area contributed by atoms with Crippen molar-refractivity contribution < 1.29 is 27.6 Å². The van der Waals surface area contributed by atoms with Gasteiger partial charge in [-0.05, 0) is 12.1 Å². The van der Waals surface area contributed by atoms with Crippen LogP contribution in [-0.4, -0.2) is 24.0 Å². The summed E-state index contributed by atoms with van der Waals surface area (Å²) < 4.78 is 39.8. The van der Waals surface area contributed by atoms with Crippen molar-refractivity contribution in [2.45, 2.75) is 6.18 Å². The van der Waals surface area contributed by atoms with Gasteiger partial charge in [-0.15, -0.1) is 0 Å². The van der Waals surface area contributed by atoms with Gasteiger partial charge in [-0.2, -0.15) is 13.2 Å². The molecule has 0 amide bonds. The molecule has 1 aromatic rings. The Bertz CT molecular complexity index is 444. The number of nitrogens with zero attached hydrogens (tertiary/aromatic N) is 1. The Hall–Kier alpha value is -2.12. The fourth-order valence-electron chi connectivity index (χ4n) is 1.05. The van der Waals surface area contributed by atoms with Crippen LogP contribution < -0.4 is 4.74 Å². The van der Waals surface area contributed by atoms with Crippen LogP contribution in [0.5, 0.6) is 5.75 Å². The van der Waals surface area contributed by atoms with Crippen molar-refractivity contribution in [3.63, 3.8) is 0 Å². The summed E-state index contributed by atoms with van der Waals surface area (Å²) in [6.07, 6.45) is -4.33. The van der Waals surface area contributed by atoms with Gasteiger partial charge in [-0.1, -0.05) is 0 Å². The summed E-state index contributed by atoms with van der Waals surface area (Å²) >= 11 is 0. The van der Waals surface area contributed by atoms with E-state index in [0.29, 0.717) is 0 Å². The Balaban J connectivity index is 2.90. The number of hydrogen-bond donors (Lipinski definition) is 0. The second-order valence-corrected chi connectivity index (χ2v) is 3.00. The number of rotatable bonds is 4. The van der Waals surface area contributed by atoms with Gasteiger partial charge in [0.15, 0.2) is 12.9 Å². The van der Waals surface area contributed by atoms with Gasteiger partial charge in [0.05, 0.1) is 10.5 Å². The van der Waals surface area contributed by atoms with Crippen molar-refractivity contribution in [3.05, 3.63) is 33.9 Å². The highest BCUT2D eigenvalue weighted by atomic mass is 19.4. The van der Waals surface area contributed by atoms with Gasteiger partial charge in [-0.3, -0.25) is 14.9 Å².